The maximum Gasteiger partial charge on any atom is 0.0785 e. The maximum atomic E-state index is 9.12. The molecule has 0 aromatic heterocycles. The van der Waals surface area contributed by atoms with Crippen molar-refractivity contribution >= 4 is 0 Å². The molecule has 0 saturated carbocycles. The number of aliphatic hydroxyl groups excluding tert-OH is 1. The van der Waals surface area contributed by atoms with E-state index in [2.05, 4.69) is 12.2 Å². The number of nitrogens with one attached hydrogen (secondary N) is 1. The second kappa shape index (κ2) is 3.58. The van der Waals surface area contributed by atoms with Crippen LogP contribution in [0, 0.1) is 0 Å². The van der Waals surface area contributed by atoms with Gasteiger partial charge in [-0.15, -0.1) is 0 Å². The third-order valence-electron chi connectivity index (χ3n) is 1.97. The van der Waals surface area contributed by atoms with Crippen LogP contribution in [0.1, 0.15) is 19.8 Å². The van der Waals surface area contributed by atoms with Gasteiger partial charge in [0.2, 0.25) is 0 Å². The zero-order chi connectivity index (χ0) is 8.16. The van der Waals surface area contributed by atoms with Crippen molar-refractivity contribution in [1.82, 2.24) is 5.32 Å². The monoisotopic (exact) mass is 153 g/mol. The lowest BCUT2D eigenvalue weighted by Crippen LogP contribution is -2.44. The van der Waals surface area contributed by atoms with Crippen LogP contribution in [0.5, 0.6) is 0 Å². The largest absolute Gasteiger partial charge is 0.394 e. The van der Waals surface area contributed by atoms with Crippen molar-refractivity contribution in [2.75, 3.05) is 6.61 Å². The molecule has 1 aliphatic heterocycles. The number of dihydropyridines is 1. The predicted molar refractivity (Wildman–Crippen MR) is 46.1 cm³/mol. The van der Waals surface area contributed by atoms with E-state index in [9.17, 15) is 0 Å². The normalized spacial score (nSPS) is 28.5. The first kappa shape index (κ1) is 8.34. The fourth-order valence-electron chi connectivity index (χ4n) is 1.34. The zero-order valence-electron chi connectivity index (χ0n) is 6.88. The Labute approximate surface area is 67.6 Å². The molecule has 0 amide bonds. The summed E-state index contributed by atoms with van der Waals surface area (Å²) in [7, 11) is 0. The van der Waals surface area contributed by atoms with Crippen molar-refractivity contribution in [2.24, 2.45) is 0 Å². The van der Waals surface area contributed by atoms with E-state index in [0.29, 0.717) is 0 Å². The van der Waals surface area contributed by atoms with Crippen molar-refractivity contribution in [2.45, 2.75) is 25.3 Å². The van der Waals surface area contributed by atoms with Crippen LogP contribution in [-0.4, -0.2) is 17.3 Å². The maximum absolute atomic E-state index is 9.12. The van der Waals surface area contributed by atoms with E-state index in [4.69, 9.17) is 5.11 Å². The molecule has 0 radical (unpaired) electrons. The van der Waals surface area contributed by atoms with E-state index in [1.54, 1.807) is 0 Å². The molecule has 62 valence electrons. The molecular weight excluding hydrogens is 138 g/mol. The van der Waals surface area contributed by atoms with Gasteiger partial charge < -0.3 is 10.4 Å². The number of hydrogen-bond acceptors (Lipinski definition) is 2. The van der Waals surface area contributed by atoms with Gasteiger partial charge in [-0.1, -0.05) is 25.5 Å². The highest BCUT2D eigenvalue weighted by Gasteiger charge is 2.23. The molecule has 1 unspecified atom stereocenters. The van der Waals surface area contributed by atoms with E-state index in [1.807, 2.05) is 24.4 Å². The lowest BCUT2D eigenvalue weighted by molar-refractivity contribution is 0.198. The third-order valence-corrected chi connectivity index (χ3v) is 1.97. The zero-order valence-corrected chi connectivity index (χ0v) is 6.88. The molecule has 0 aliphatic carbocycles. The molecule has 11 heavy (non-hydrogen) atoms. The Balaban J connectivity index is 2.60. The molecule has 0 bridgehead atoms. The van der Waals surface area contributed by atoms with E-state index in [-0.39, 0.29) is 12.1 Å². The smallest absolute Gasteiger partial charge is 0.0785 e. The van der Waals surface area contributed by atoms with Crippen LogP contribution in [0.4, 0.5) is 0 Å². The SMILES string of the molecule is CCCC1(CO)C=CC=CN1. The average Bonchev–Trinajstić information content (AvgIpc) is 2.07. The first-order valence-corrected chi connectivity index (χ1v) is 4.06. The molecule has 0 aromatic rings. The van der Waals surface area contributed by atoms with Gasteiger partial charge in [-0.05, 0) is 18.7 Å². The summed E-state index contributed by atoms with van der Waals surface area (Å²) in [5.41, 5.74) is -0.191. The summed E-state index contributed by atoms with van der Waals surface area (Å²) in [5.74, 6) is 0. The molecule has 2 heteroatoms. The summed E-state index contributed by atoms with van der Waals surface area (Å²) < 4.78 is 0. The molecule has 0 aromatic carbocycles. The molecule has 0 fully saturated rings. The average molecular weight is 153 g/mol. The summed E-state index contributed by atoms with van der Waals surface area (Å²) in [4.78, 5) is 0. The highest BCUT2D eigenvalue weighted by atomic mass is 16.3. The third kappa shape index (κ3) is 1.84. The molecule has 1 heterocycles. The minimum absolute atomic E-state index is 0.168. The summed E-state index contributed by atoms with van der Waals surface area (Å²) in [6, 6.07) is 0. The summed E-state index contributed by atoms with van der Waals surface area (Å²) in [6.07, 6.45) is 9.87. The minimum Gasteiger partial charge on any atom is -0.394 e. The fourth-order valence-corrected chi connectivity index (χ4v) is 1.34. The van der Waals surface area contributed by atoms with Crippen LogP contribution < -0.4 is 5.32 Å². The Morgan fingerprint density at radius 1 is 1.45 bits per heavy atom. The Morgan fingerprint density at radius 3 is 2.73 bits per heavy atom. The topological polar surface area (TPSA) is 32.3 Å². The number of aliphatic hydroxyl groups is 1. The Morgan fingerprint density at radius 2 is 2.27 bits per heavy atom. The first-order valence-electron chi connectivity index (χ1n) is 4.06. The van der Waals surface area contributed by atoms with E-state index >= 15 is 0 Å². The van der Waals surface area contributed by atoms with E-state index in [0.717, 1.165) is 12.8 Å². The molecule has 2 N–H and O–H groups in total. The number of hydrogen-bond donors (Lipinski definition) is 2. The van der Waals surface area contributed by atoms with Crippen LogP contribution in [0.3, 0.4) is 0 Å². The van der Waals surface area contributed by atoms with E-state index < -0.39 is 0 Å². The Hall–Kier alpha value is -0.760. The molecular formula is C9H15NO. The number of allylic oxidation sites excluding steroid dienone is 2. The second-order valence-corrected chi connectivity index (χ2v) is 2.93. The first-order chi connectivity index (χ1) is 5.33. The second-order valence-electron chi connectivity index (χ2n) is 2.93. The van der Waals surface area contributed by atoms with Gasteiger partial charge in [-0.2, -0.15) is 0 Å². The minimum atomic E-state index is -0.191. The van der Waals surface area contributed by atoms with Crippen molar-refractivity contribution < 1.29 is 5.11 Å². The van der Waals surface area contributed by atoms with Gasteiger partial charge in [0.25, 0.3) is 0 Å². The quantitative estimate of drug-likeness (QED) is 0.638. The summed E-state index contributed by atoms with van der Waals surface area (Å²) >= 11 is 0. The van der Waals surface area contributed by atoms with Gasteiger partial charge in [-0.3, -0.25) is 0 Å². The molecule has 0 saturated heterocycles. The Kier molecular flexibility index (Phi) is 2.71. The Bertz CT molecular complexity index is 174. The summed E-state index contributed by atoms with van der Waals surface area (Å²) in [5, 5.41) is 12.3. The van der Waals surface area contributed by atoms with Crippen molar-refractivity contribution in [1.29, 1.82) is 0 Å². The van der Waals surface area contributed by atoms with Crippen LogP contribution in [0.2, 0.25) is 0 Å². The molecule has 1 atom stereocenters. The van der Waals surface area contributed by atoms with Crippen molar-refractivity contribution in [3.63, 3.8) is 0 Å². The number of rotatable bonds is 3. The van der Waals surface area contributed by atoms with Gasteiger partial charge in [0, 0.05) is 0 Å². The molecule has 1 aliphatic rings. The lowest BCUT2D eigenvalue weighted by Gasteiger charge is -2.30. The predicted octanol–water partition coefficient (Wildman–Crippen LogP) is 1.19. The van der Waals surface area contributed by atoms with Crippen LogP contribution in [0.25, 0.3) is 0 Å². The van der Waals surface area contributed by atoms with Gasteiger partial charge in [0.15, 0.2) is 0 Å². The van der Waals surface area contributed by atoms with Crippen molar-refractivity contribution in [3.05, 3.63) is 24.4 Å². The van der Waals surface area contributed by atoms with Crippen LogP contribution >= 0.6 is 0 Å². The fraction of sp³-hybridized carbons (Fsp3) is 0.556. The van der Waals surface area contributed by atoms with Gasteiger partial charge in [0.1, 0.15) is 0 Å². The highest BCUT2D eigenvalue weighted by Crippen LogP contribution is 2.16. The van der Waals surface area contributed by atoms with Gasteiger partial charge in [-0.25, -0.2) is 0 Å². The molecule has 0 spiro atoms. The van der Waals surface area contributed by atoms with Crippen molar-refractivity contribution in [3.8, 4) is 0 Å². The summed E-state index contributed by atoms with van der Waals surface area (Å²) in [6.45, 7) is 2.28. The lowest BCUT2D eigenvalue weighted by atomic mass is 9.93. The standard InChI is InChI=1S/C9H15NO/c1-2-5-9(8-11)6-3-4-7-10-9/h3-4,6-7,10-11H,2,5,8H2,1H3. The molecule has 1 rings (SSSR count). The highest BCUT2D eigenvalue weighted by molar-refractivity contribution is 5.19. The van der Waals surface area contributed by atoms with Crippen LogP contribution in [-0.2, 0) is 0 Å². The van der Waals surface area contributed by atoms with Crippen LogP contribution in [0.15, 0.2) is 24.4 Å². The molecule has 2 nitrogen and oxygen atoms in total. The van der Waals surface area contributed by atoms with E-state index in [1.165, 1.54) is 0 Å². The van der Waals surface area contributed by atoms with Gasteiger partial charge in [0.05, 0.1) is 12.1 Å². The van der Waals surface area contributed by atoms with Gasteiger partial charge >= 0.3 is 0 Å².